The minimum atomic E-state index is -3.87. The van der Waals surface area contributed by atoms with Crippen molar-refractivity contribution in [3.05, 3.63) is 82.9 Å². The number of carbonyl (C=O) groups excluding carboxylic acids is 1. The molecule has 0 aliphatic carbocycles. The fourth-order valence-electron chi connectivity index (χ4n) is 3.31. The lowest BCUT2D eigenvalue weighted by atomic mass is 10.1. The average molecular weight is 466 g/mol. The van der Waals surface area contributed by atoms with E-state index in [-0.39, 0.29) is 10.5 Å². The molecule has 0 unspecified atom stereocenters. The highest BCUT2D eigenvalue weighted by molar-refractivity contribution is 7.92. The number of fused-ring (bicyclic) bond motifs is 1. The second-order valence-electron chi connectivity index (χ2n) is 7.55. The molecule has 0 fully saturated rings. The quantitative estimate of drug-likeness (QED) is 0.427. The molecule has 0 atom stereocenters. The molecular formula is C24H23N3O5S. The molecule has 1 aliphatic rings. The zero-order chi connectivity index (χ0) is 23.4. The van der Waals surface area contributed by atoms with Gasteiger partial charge in [-0.15, -0.1) is 0 Å². The van der Waals surface area contributed by atoms with E-state index in [2.05, 4.69) is 15.2 Å². The van der Waals surface area contributed by atoms with Gasteiger partial charge in [0, 0.05) is 5.56 Å². The number of hydrogen-bond donors (Lipinski definition) is 2. The van der Waals surface area contributed by atoms with Gasteiger partial charge in [-0.3, -0.25) is 9.52 Å². The maximum Gasteiger partial charge on any atom is 0.271 e. The molecule has 1 amide bonds. The Labute approximate surface area is 192 Å². The minimum absolute atomic E-state index is 0.0223. The summed E-state index contributed by atoms with van der Waals surface area (Å²) in [6.07, 6.45) is 1.47. The van der Waals surface area contributed by atoms with E-state index >= 15 is 0 Å². The van der Waals surface area contributed by atoms with Crippen molar-refractivity contribution in [2.45, 2.75) is 18.7 Å². The maximum atomic E-state index is 12.8. The topological polar surface area (TPSA) is 106 Å². The van der Waals surface area contributed by atoms with Crippen LogP contribution in [0.4, 0.5) is 5.69 Å². The predicted molar refractivity (Wildman–Crippen MR) is 126 cm³/mol. The Morgan fingerprint density at radius 3 is 2.55 bits per heavy atom. The van der Waals surface area contributed by atoms with E-state index in [4.69, 9.17) is 9.47 Å². The lowest BCUT2D eigenvalue weighted by Gasteiger charge is -2.18. The number of hydrogen-bond acceptors (Lipinski definition) is 6. The van der Waals surface area contributed by atoms with Crippen molar-refractivity contribution in [1.82, 2.24) is 5.43 Å². The minimum Gasteiger partial charge on any atom is -0.486 e. The van der Waals surface area contributed by atoms with Crippen LogP contribution in [-0.4, -0.2) is 33.8 Å². The molecular weight excluding hydrogens is 442 g/mol. The molecule has 0 spiro atoms. The van der Waals surface area contributed by atoms with Crippen LogP contribution in [0.1, 0.15) is 27.0 Å². The average Bonchev–Trinajstić information content (AvgIpc) is 2.81. The van der Waals surface area contributed by atoms with Gasteiger partial charge in [-0.1, -0.05) is 23.8 Å². The van der Waals surface area contributed by atoms with E-state index in [1.807, 2.05) is 26.0 Å². The number of hydrazone groups is 1. The Morgan fingerprint density at radius 1 is 0.970 bits per heavy atom. The predicted octanol–water partition coefficient (Wildman–Crippen LogP) is 3.64. The molecule has 0 saturated heterocycles. The standard InChI is InChI=1S/C24H23N3O5S/c1-16-6-8-21(17(2)12-16)27-33(29,30)20-5-3-4-19(14-20)24(28)26-25-15-18-7-9-22-23(13-18)32-11-10-31-22/h3-9,12-15,27H,10-11H2,1-2H3,(H,26,28)/b25-15+. The summed E-state index contributed by atoms with van der Waals surface area (Å²) in [5.41, 5.74) is 5.62. The molecule has 9 heteroatoms. The van der Waals surface area contributed by atoms with Crippen molar-refractivity contribution in [1.29, 1.82) is 0 Å². The number of ether oxygens (including phenoxy) is 2. The third-order valence-corrected chi connectivity index (χ3v) is 6.34. The lowest BCUT2D eigenvalue weighted by molar-refractivity contribution is 0.0955. The summed E-state index contributed by atoms with van der Waals surface area (Å²) in [5, 5.41) is 3.96. The summed E-state index contributed by atoms with van der Waals surface area (Å²) in [7, 11) is -3.87. The number of sulfonamides is 1. The molecule has 1 heterocycles. The number of rotatable bonds is 6. The van der Waals surface area contributed by atoms with Crippen LogP contribution in [0.25, 0.3) is 0 Å². The zero-order valence-corrected chi connectivity index (χ0v) is 19.0. The molecule has 0 saturated carbocycles. The molecule has 170 valence electrons. The number of nitrogens with one attached hydrogen (secondary N) is 2. The fourth-order valence-corrected chi connectivity index (χ4v) is 4.48. The van der Waals surface area contributed by atoms with Crippen LogP contribution in [0.2, 0.25) is 0 Å². The summed E-state index contributed by atoms with van der Waals surface area (Å²) >= 11 is 0. The Bertz CT molecular complexity index is 1340. The number of nitrogens with zero attached hydrogens (tertiary/aromatic N) is 1. The normalized spacial score (nSPS) is 13.0. The molecule has 8 nitrogen and oxygen atoms in total. The van der Waals surface area contributed by atoms with Crippen LogP contribution in [0, 0.1) is 13.8 Å². The van der Waals surface area contributed by atoms with E-state index < -0.39 is 15.9 Å². The smallest absolute Gasteiger partial charge is 0.271 e. The van der Waals surface area contributed by atoms with Crippen molar-refractivity contribution >= 4 is 27.8 Å². The number of amides is 1. The molecule has 0 bridgehead atoms. The monoisotopic (exact) mass is 465 g/mol. The van der Waals surface area contributed by atoms with Gasteiger partial charge in [0.15, 0.2) is 11.5 Å². The Kier molecular flexibility index (Phi) is 6.32. The van der Waals surface area contributed by atoms with Gasteiger partial charge in [0.25, 0.3) is 15.9 Å². The summed E-state index contributed by atoms with van der Waals surface area (Å²) in [4.78, 5) is 12.5. The highest BCUT2D eigenvalue weighted by atomic mass is 32.2. The van der Waals surface area contributed by atoms with Crippen LogP contribution in [0.3, 0.4) is 0 Å². The van der Waals surface area contributed by atoms with Crippen molar-refractivity contribution in [3.8, 4) is 11.5 Å². The van der Waals surface area contributed by atoms with Crippen molar-refractivity contribution < 1.29 is 22.7 Å². The summed E-state index contributed by atoms with van der Waals surface area (Å²) < 4.78 is 39.2. The maximum absolute atomic E-state index is 12.8. The molecule has 1 aliphatic heterocycles. The second-order valence-corrected chi connectivity index (χ2v) is 9.24. The van der Waals surface area contributed by atoms with Gasteiger partial charge in [-0.25, -0.2) is 13.8 Å². The van der Waals surface area contributed by atoms with E-state index in [1.165, 1.54) is 30.5 Å². The Morgan fingerprint density at radius 2 is 1.76 bits per heavy atom. The molecule has 33 heavy (non-hydrogen) atoms. The molecule has 2 N–H and O–H groups in total. The number of aryl methyl sites for hydroxylation is 2. The molecule has 0 radical (unpaired) electrons. The third kappa shape index (κ3) is 5.32. The Balaban J connectivity index is 1.45. The van der Waals surface area contributed by atoms with Crippen molar-refractivity contribution in [2.75, 3.05) is 17.9 Å². The third-order valence-electron chi connectivity index (χ3n) is 4.98. The first-order chi connectivity index (χ1) is 15.8. The van der Waals surface area contributed by atoms with E-state index in [9.17, 15) is 13.2 Å². The van der Waals surface area contributed by atoms with Crippen LogP contribution >= 0.6 is 0 Å². The fraction of sp³-hybridized carbons (Fsp3) is 0.167. The lowest BCUT2D eigenvalue weighted by Crippen LogP contribution is -2.19. The number of carbonyl (C=O) groups is 1. The van der Waals surface area contributed by atoms with Crippen LogP contribution in [-0.2, 0) is 10.0 Å². The first kappa shape index (κ1) is 22.3. The van der Waals surface area contributed by atoms with Gasteiger partial charge < -0.3 is 9.47 Å². The van der Waals surface area contributed by atoms with Crippen molar-refractivity contribution in [3.63, 3.8) is 0 Å². The zero-order valence-electron chi connectivity index (χ0n) is 18.2. The van der Waals surface area contributed by atoms with Gasteiger partial charge in [0.2, 0.25) is 0 Å². The Hall–Kier alpha value is -3.85. The van der Waals surface area contributed by atoms with Crippen molar-refractivity contribution in [2.24, 2.45) is 5.10 Å². The summed E-state index contributed by atoms with van der Waals surface area (Å²) in [6.45, 7) is 4.74. The van der Waals surface area contributed by atoms with Crippen LogP contribution in [0.15, 0.2) is 70.7 Å². The molecule has 3 aromatic carbocycles. The highest BCUT2D eigenvalue weighted by Gasteiger charge is 2.17. The first-order valence-electron chi connectivity index (χ1n) is 10.2. The van der Waals surface area contributed by atoms with Crippen LogP contribution < -0.4 is 19.6 Å². The summed E-state index contributed by atoms with van der Waals surface area (Å²) in [5.74, 6) is 0.744. The van der Waals surface area contributed by atoms with E-state index in [0.29, 0.717) is 36.0 Å². The molecule has 4 rings (SSSR count). The van der Waals surface area contributed by atoms with E-state index in [1.54, 1.807) is 24.3 Å². The number of benzene rings is 3. The van der Waals surface area contributed by atoms with E-state index in [0.717, 1.165) is 11.1 Å². The van der Waals surface area contributed by atoms with Crippen LogP contribution in [0.5, 0.6) is 11.5 Å². The van der Waals surface area contributed by atoms with Gasteiger partial charge in [0.1, 0.15) is 13.2 Å². The second kappa shape index (κ2) is 9.33. The first-order valence-corrected chi connectivity index (χ1v) is 11.7. The number of anilines is 1. The SMILES string of the molecule is Cc1ccc(NS(=O)(=O)c2cccc(C(=O)N/N=C/c3ccc4c(c3)OCCO4)c2)c(C)c1. The van der Waals surface area contributed by atoms with Gasteiger partial charge in [0.05, 0.1) is 16.8 Å². The summed E-state index contributed by atoms with van der Waals surface area (Å²) in [6, 6.07) is 16.5. The van der Waals surface area contributed by atoms with Gasteiger partial charge >= 0.3 is 0 Å². The van der Waals surface area contributed by atoms with Gasteiger partial charge in [-0.05, 0) is 67.4 Å². The molecule has 0 aromatic heterocycles. The van der Waals surface area contributed by atoms with Gasteiger partial charge in [-0.2, -0.15) is 5.10 Å². The molecule has 3 aromatic rings. The largest absolute Gasteiger partial charge is 0.486 e. The highest BCUT2D eigenvalue weighted by Crippen LogP contribution is 2.30.